The van der Waals surface area contributed by atoms with Gasteiger partial charge < -0.3 is 20.4 Å². The molecule has 0 fully saturated rings. The highest BCUT2D eigenvalue weighted by Crippen LogP contribution is 2.29. The minimum absolute atomic E-state index is 0.108. The van der Waals surface area contributed by atoms with Crippen LogP contribution in [0.5, 0.6) is 0 Å². The van der Waals surface area contributed by atoms with E-state index in [0.29, 0.717) is 24.3 Å². The molecule has 2 rings (SSSR count). The molecule has 2 aromatic rings. The summed E-state index contributed by atoms with van der Waals surface area (Å²) in [6, 6.07) is 11.4. The lowest BCUT2D eigenvalue weighted by Gasteiger charge is -2.25. The van der Waals surface area contributed by atoms with Gasteiger partial charge in [0.15, 0.2) is 0 Å². The Morgan fingerprint density at radius 2 is 1.48 bits per heavy atom. The first-order valence-electron chi connectivity index (χ1n) is 9.75. The molecule has 0 aromatic heterocycles. The largest absolute Gasteiger partial charge is 0.416 e. The zero-order valence-corrected chi connectivity index (χ0v) is 17.8. The summed E-state index contributed by atoms with van der Waals surface area (Å²) in [4.78, 5) is 27.7. The van der Waals surface area contributed by atoms with Crippen LogP contribution in [-0.2, 0) is 23.9 Å². The number of anilines is 1. The van der Waals surface area contributed by atoms with E-state index in [1.807, 2.05) is 19.0 Å². The summed E-state index contributed by atoms with van der Waals surface area (Å²) < 4.78 is 38.3. The van der Waals surface area contributed by atoms with Crippen molar-refractivity contribution in [3.8, 4) is 0 Å². The predicted molar refractivity (Wildman–Crippen MR) is 114 cm³/mol. The summed E-state index contributed by atoms with van der Waals surface area (Å²) in [7, 11) is 5.31. The standard InChI is InChI=1S/C22H27F3N4O2/c1-26-20(30)14-16-6-10-19(11-7-16)27-21(31)29(13-12-28(2)3)15-17-4-8-18(9-5-17)22(23,24)25/h4-11H,12-15H2,1-3H3,(H,26,30)(H,27,31). The number of rotatable bonds is 8. The second-order valence-electron chi connectivity index (χ2n) is 7.40. The zero-order chi connectivity index (χ0) is 23.0. The second kappa shape index (κ2) is 10.8. The molecule has 0 aliphatic rings. The van der Waals surface area contributed by atoms with E-state index in [-0.39, 0.29) is 24.9 Å². The number of hydrogen-bond donors (Lipinski definition) is 2. The molecular formula is C22H27F3N4O2. The summed E-state index contributed by atoms with van der Waals surface area (Å²) in [5.41, 5.74) is 1.25. The van der Waals surface area contributed by atoms with Crippen LogP contribution in [0.25, 0.3) is 0 Å². The van der Waals surface area contributed by atoms with E-state index in [1.165, 1.54) is 12.1 Å². The Morgan fingerprint density at radius 1 is 0.903 bits per heavy atom. The van der Waals surface area contributed by atoms with Gasteiger partial charge in [-0.25, -0.2) is 4.79 Å². The van der Waals surface area contributed by atoms with Gasteiger partial charge in [-0.15, -0.1) is 0 Å². The molecule has 0 spiro atoms. The molecule has 3 amide bonds. The average Bonchev–Trinajstić information content (AvgIpc) is 2.71. The van der Waals surface area contributed by atoms with Gasteiger partial charge in [0.2, 0.25) is 5.91 Å². The predicted octanol–water partition coefficient (Wildman–Crippen LogP) is 3.59. The number of alkyl halides is 3. The van der Waals surface area contributed by atoms with Gasteiger partial charge in [0.1, 0.15) is 0 Å². The van der Waals surface area contributed by atoms with Gasteiger partial charge in [-0.05, 0) is 49.5 Å². The lowest BCUT2D eigenvalue weighted by Crippen LogP contribution is -2.39. The Labute approximate surface area is 180 Å². The first kappa shape index (κ1) is 24.2. The Morgan fingerprint density at radius 3 is 2.00 bits per heavy atom. The van der Waals surface area contributed by atoms with E-state index in [0.717, 1.165) is 17.7 Å². The molecule has 0 saturated heterocycles. The fraction of sp³-hybridized carbons (Fsp3) is 0.364. The molecule has 0 aliphatic carbocycles. The highest BCUT2D eigenvalue weighted by molar-refractivity contribution is 5.89. The van der Waals surface area contributed by atoms with E-state index in [4.69, 9.17) is 0 Å². The molecule has 0 bridgehead atoms. The summed E-state index contributed by atoms with van der Waals surface area (Å²) in [5, 5.41) is 5.36. The highest BCUT2D eigenvalue weighted by atomic mass is 19.4. The topological polar surface area (TPSA) is 64.7 Å². The third-order valence-corrected chi connectivity index (χ3v) is 4.61. The van der Waals surface area contributed by atoms with E-state index < -0.39 is 11.7 Å². The van der Waals surface area contributed by atoms with E-state index in [2.05, 4.69) is 10.6 Å². The summed E-state index contributed by atoms with van der Waals surface area (Å²) in [5.74, 6) is -0.108. The van der Waals surface area contributed by atoms with Crippen LogP contribution in [0.4, 0.5) is 23.7 Å². The Balaban J connectivity index is 2.08. The number of carbonyl (C=O) groups excluding carboxylic acids is 2. The smallest absolute Gasteiger partial charge is 0.359 e. The average molecular weight is 436 g/mol. The lowest BCUT2D eigenvalue weighted by atomic mass is 10.1. The normalized spacial score (nSPS) is 11.3. The van der Waals surface area contributed by atoms with Gasteiger partial charge in [-0.2, -0.15) is 13.2 Å². The van der Waals surface area contributed by atoms with Gasteiger partial charge in [-0.1, -0.05) is 24.3 Å². The van der Waals surface area contributed by atoms with E-state index in [1.54, 1.807) is 36.2 Å². The number of benzene rings is 2. The molecule has 0 saturated carbocycles. The Kier molecular flexibility index (Phi) is 8.44. The fourth-order valence-corrected chi connectivity index (χ4v) is 2.77. The van der Waals surface area contributed by atoms with Crippen LogP contribution in [0.3, 0.4) is 0 Å². The SMILES string of the molecule is CNC(=O)Cc1ccc(NC(=O)N(CCN(C)C)Cc2ccc(C(F)(F)F)cc2)cc1. The monoisotopic (exact) mass is 436 g/mol. The Hall–Kier alpha value is -3.07. The summed E-state index contributed by atoms with van der Waals surface area (Å²) in [6.45, 7) is 1.17. The number of carbonyl (C=O) groups is 2. The lowest BCUT2D eigenvalue weighted by molar-refractivity contribution is -0.137. The van der Waals surface area contributed by atoms with Crippen molar-refractivity contribution in [2.45, 2.75) is 19.1 Å². The van der Waals surface area contributed by atoms with Crippen molar-refractivity contribution in [3.05, 3.63) is 65.2 Å². The van der Waals surface area contributed by atoms with Crippen LogP contribution in [-0.4, -0.2) is 56.0 Å². The van der Waals surface area contributed by atoms with Gasteiger partial charge in [0.25, 0.3) is 0 Å². The van der Waals surface area contributed by atoms with Crippen molar-refractivity contribution in [2.75, 3.05) is 39.5 Å². The maximum atomic E-state index is 12.8. The minimum atomic E-state index is -4.40. The Bertz CT molecular complexity index is 866. The number of halogens is 3. The van der Waals surface area contributed by atoms with Crippen molar-refractivity contribution < 1.29 is 22.8 Å². The number of nitrogens with one attached hydrogen (secondary N) is 2. The number of nitrogens with zero attached hydrogens (tertiary/aromatic N) is 2. The highest BCUT2D eigenvalue weighted by Gasteiger charge is 2.30. The third-order valence-electron chi connectivity index (χ3n) is 4.61. The first-order valence-corrected chi connectivity index (χ1v) is 9.75. The van der Waals surface area contributed by atoms with Crippen molar-refractivity contribution in [2.24, 2.45) is 0 Å². The van der Waals surface area contributed by atoms with Crippen LogP contribution >= 0.6 is 0 Å². The first-order chi connectivity index (χ1) is 14.6. The zero-order valence-electron chi connectivity index (χ0n) is 17.8. The molecule has 0 unspecified atom stereocenters. The molecule has 2 aromatic carbocycles. The van der Waals surface area contributed by atoms with Crippen molar-refractivity contribution >= 4 is 17.6 Å². The maximum Gasteiger partial charge on any atom is 0.416 e. The van der Waals surface area contributed by atoms with Crippen LogP contribution in [0.1, 0.15) is 16.7 Å². The van der Waals surface area contributed by atoms with Crippen molar-refractivity contribution in [1.29, 1.82) is 0 Å². The minimum Gasteiger partial charge on any atom is -0.359 e. The van der Waals surface area contributed by atoms with Gasteiger partial charge in [0, 0.05) is 32.4 Å². The van der Waals surface area contributed by atoms with Gasteiger partial charge in [-0.3, -0.25) is 4.79 Å². The second-order valence-corrected chi connectivity index (χ2v) is 7.40. The maximum absolute atomic E-state index is 12.8. The number of likely N-dealkylation sites (N-methyl/N-ethyl adjacent to an activating group) is 2. The molecule has 168 valence electrons. The molecule has 9 heteroatoms. The molecule has 0 heterocycles. The van der Waals surface area contributed by atoms with E-state index >= 15 is 0 Å². The summed E-state index contributed by atoms with van der Waals surface area (Å²) >= 11 is 0. The van der Waals surface area contributed by atoms with Crippen molar-refractivity contribution in [1.82, 2.24) is 15.1 Å². The number of amides is 3. The van der Waals surface area contributed by atoms with Crippen LogP contribution in [0.15, 0.2) is 48.5 Å². The van der Waals surface area contributed by atoms with Crippen LogP contribution in [0.2, 0.25) is 0 Å². The summed E-state index contributed by atoms with van der Waals surface area (Å²) in [6.07, 6.45) is -4.15. The van der Waals surface area contributed by atoms with E-state index in [9.17, 15) is 22.8 Å². The quantitative estimate of drug-likeness (QED) is 0.665. The molecule has 6 nitrogen and oxygen atoms in total. The molecule has 31 heavy (non-hydrogen) atoms. The van der Waals surface area contributed by atoms with Crippen molar-refractivity contribution in [3.63, 3.8) is 0 Å². The molecule has 0 atom stereocenters. The van der Waals surface area contributed by atoms with Gasteiger partial charge >= 0.3 is 12.2 Å². The van der Waals surface area contributed by atoms with Crippen LogP contribution in [0, 0.1) is 0 Å². The molecule has 0 radical (unpaired) electrons. The number of hydrogen-bond acceptors (Lipinski definition) is 3. The third kappa shape index (κ3) is 7.93. The molecule has 2 N–H and O–H groups in total. The van der Waals surface area contributed by atoms with Gasteiger partial charge in [0.05, 0.1) is 12.0 Å². The number of urea groups is 1. The fourth-order valence-electron chi connectivity index (χ4n) is 2.77. The van der Waals surface area contributed by atoms with Crippen LogP contribution < -0.4 is 10.6 Å². The molecular weight excluding hydrogens is 409 g/mol. The molecule has 0 aliphatic heterocycles.